The molecule has 2 nitrogen and oxygen atoms in total. The van der Waals surface area contributed by atoms with Crippen LogP contribution in [0.5, 0.6) is 0 Å². The van der Waals surface area contributed by atoms with Gasteiger partial charge in [-0.15, -0.1) is 0 Å². The van der Waals surface area contributed by atoms with Crippen molar-refractivity contribution >= 4 is 21.9 Å². The summed E-state index contributed by atoms with van der Waals surface area (Å²) in [5, 5.41) is 9.32. The number of hydrogen-bond donors (Lipinski definition) is 1. The van der Waals surface area contributed by atoms with Gasteiger partial charge in [-0.1, -0.05) is 40.2 Å². The van der Waals surface area contributed by atoms with Crippen LogP contribution in [0.3, 0.4) is 0 Å². The van der Waals surface area contributed by atoms with E-state index in [2.05, 4.69) is 15.9 Å². The average Bonchev–Trinajstić information content (AvgIpc) is 2.42. The third-order valence-electron chi connectivity index (χ3n) is 3.14. The van der Waals surface area contributed by atoms with Crippen molar-refractivity contribution in [2.45, 2.75) is 12.8 Å². The minimum absolute atomic E-state index is 0.312. The van der Waals surface area contributed by atoms with Crippen LogP contribution in [0.1, 0.15) is 11.1 Å². The summed E-state index contributed by atoms with van der Waals surface area (Å²) in [6, 6.07) is 13.6. The van der Waals surface area contributed by atoms with E-state index in [1.807, 2.05) is 24.3 Å². The SMILES string of the molecule is O=C(O)C(Cc1ccc(F)cc1)Cc1ccc(Br)cc1. The highest BCUT2D eigenvalue weighted by molar-refractivity contribution is 9.10. The van der Waals surface area contributed by atoms with Gasteiger partial charge in [-0.3, -0.25) is 4.79 Å². The number of halogens is 2. The lowest BCUT2D eigenvalue weighted by molar-refractivity contribution is -0.141. The van der Waals surface area contributed by atoms with Crippen LogP contribution < -0.4 is 0 Å². The summed E-state index contributed by atoms with van der Waals surface area (Å²) in [5.74, 6) is -1.66. The molecule has 0 amide bonds. The minimum atomic E-state index is -0.836. The Balaban J connectivity index is 2.09. The maximum Gasteiger partial charge on any atom is 0.307 e. The zero-order chi connectivity index (χ0) is 14.5. The van der Waals surface area contributed by atoms with E-state index >= 15 is 0 Å². The Labute approximate surface area is 125 Å². The van der Waals surface area contributed by atoms with Gasteiger partial charge in [0.15, 0.2) is 0 Å². The first-order valence-corrected chi connectivity index (χ1v) is 7.05. The fourth-order valence-electron chi connectivity index (χ4n) is 2.06. The van der Waals surface area contributed by atoms with Gasteiger partial charge in [0.2, 0.25) is 0 Å². The minimum Gasteiger partial charge on any atom is -0.481 e. The van der Waals surface area contributed by atoms with Crippen LogP contribution in [-0.2, 0) is 17.6 Å². The van der Waals surface area contributed by atoms with Crippen molar-refractivity contribution in [1.29, 1.82) is 0 Å². The third-order valence-corrected chi connectivity index (χ3v) is 3.67. The zero-order valence-corrected chi connectivity index (χ0v) is 12.3. The van der Waals surface area contributed by atoms with Gasteiger partial charge in [-0.25, -0.2) is 4.39 Å². The predicted molar refractivity (Wildman–Crippen MR) is 79.1 cm³/mol. The van der Waals surface area contributed by atoms with Gasteiger partial charge in [0.05, 0.1) is 5.92 Å². The fourth-order valence-corrected chi connectivity index (χ4v) is 2.32. The number of rotatable bonds is 5. The van der Waals surface area contributed by atoms with Crippen LogP contribution in [0.2, 0.25) is 0 Å². The second-order valence-electron chi connectivity index (χ2n) is 4.70. The monoisotopic (exact) mass is 336 g/mol. The second-order valence-corrected chi connectivity index (χ2v) is 5.61. The highest BCUT2D eigenvalue weighted by atomic mass is 79.9. The molecule has 0 aliphatic heterocycles. The van der Waals surface area contributed by atoms with Gasteiger partial charge < -0.3 is 5.11 Å². The molecule has 0 saturated heterocycles. The van der Waals surface area contributed by atoms with Crippen LogP contribution >= 0.6 is 15.9 Å². The van der Waals surface area contributed by atoms with Crippen molar-refractivity contribution in [2.24, 2.45) is 5.92 Å². The van der Waals surface area contributed by atoms with Crippen LogP contribution in [0.15, 0.2) is 53.0 Å². The Bertz CT molecular complexity index is 531. The summed E-state index contributed by atoms with van der Waals surface area (Å²) in [6.45, 7) is 0. The van der Waals surface area contributed by atoms with Crippen LogP contribution in [0.4, 0.5) is 4.39 Å². The molecular formula is C16H14BrFO2. The molecule has 0 fully saturated rings. The van der Waals surface area contributed by atoms with E-state index in [-0.39, 0.29) is 5.82 Å². The quantitative estimate of drug-likeness (QED) is 0.893. The number of aliphatic carboxylic acids is 1. The Morgan fingerprint density at radius 3 is 1.90 bits per heavy atom. The maximum atomic E-state index is 12.8. The Kier molecular flexibility index (Phi) is 4.90. The van der Waals surface area contributed by atoms with Gasteiger partial charge in [0, 0.05) is 4.47 Å². The summed E-state index contributed by atoms with van der Waals surface area (Å²) in [6.07, 6.45) is 0.853. The smallest absolute Gasteiger partial charge is 0.307 e. The molecular weight excluding hydrogens is 323 g/mol. The molecule has 0 heterocycles. The molecule has 2 aromatic rings. The molecule has 0 saturated carbocycles. The molecule has 1 N–H and O–H groups in total. The molecule has 0 bridgehead atoms. The first kappa shape index (κ1) is 14.7. The summed E-state index contributed by atoms with van der Waals surface area (Å²) in [4.78, 5) is 11.4. The van der Waals surface area contributed by atoms with E-state index in [9.17, 15) is 14.3 Å². The molecule has 2 rings (SSSR count). The zero-order valence-electron chi connectivity index (χ0n) is 10.7. The topological polar surface area (TPSA) is 37.3 Å². The molecule has 104 valence electrons. The molecule has 20 heavy (non-hydrogen) atoms. The van der Waals surface area contributed by atoms with E-state index < -0.39 is 11.9 Å². The van der Waals surface area contributed by atoms with E-state index in [1.165, 1.54) is 12.1 Å². The van der Waals surface area contributed by atoms with Gasteiger partial charge in [0.25, 0.3) is 0 Å². The normalized spacial score (nSPS) is 12.1. The standard InChI is InChI=1S/C16H14BrFO2/c17-14-5-1-11(2-6-14)9-13(16(19)20)10-12-3-7-15(18)8-4-12/h1-8,13H,9-10H2,(H,19,20). The lowest BCUT2D eigenvalue weighted by Gasteiger charge is -2.12. The van der Waals surface area contributed by atoms with Crippen molar-refractivity contribution in [3.05, 3.63) is 69.9 Å². The lowest BCUT2D eigenvalue weighted by atomic mass is 9.93. The molecule has 1 atom stereocenters. The van der Waals surface area contributed by atoms with Gasteiger partial charge >= 0.3 is 5.97 Å². The summed E-state index contributed by atoms with van der Waals surface area (Å²) in [5.41, 5.74) is 1.80. The second kappa shape index (κ2) is 6.66. The van der Waals surface area contributed by atoms with Gasteiger partial charge in [-0.2, -0.15) is 0 Å². The number of carboxylic acids is 1. The summed E-state index contributed by atoms with van der Waals surface area (Å²) in [7, 11) is 0. The van der Waals surface area contributed by atoms with E-state index in [4.69, 9.17) is 0 Å². The molecule has 0 spiro atoms. The summed E-state index contributed by atoms with van der Waals surface area (Å²) < 4.78 is 13.8. The molecule has 4 heteroatoms. The Morgan fingerprint density at radius 2 is 1.45 bits per heavy atom. The van der Waals surface area contributed by atoms with Crippen molar-refractivity contribution in [3.63, 3.8) is 0 Å². The largest absolute Gasteiger partial charge is 0.481 e. The van der Waals surface area contributed by atoms with Crippen molar-refractivity contribution in [2.75, 3.05) is 0 Å². The van der Waals surface area contributed by atoms with Crippen molar-refractivity contribution in [1.82, 2.24) is 0 Å². The van der Waals surface area contributed by atoms with E-state index in [0.717, 1.165) is 15.6 Å². The highest BCUT2D eigenvalue weighted by Gasteiger charge is 2.18. The first-order chi connectivity index (χ1) is 9.54. The van der Waals surface area contributed by atoms with Gasteiger partial charge in [0.1, 0.15) is 5.82 Å². The number of carbonyl (C=O) groups is 1. The Morgan fingerprint density at radius 1 is 1.00 bits per heavy atom. The molecule has 0 radical (unpaired) electrons. The first-order valence-electron chi connectivity index (χ1n) is 6.26. The van der Waals surface area contributed by atoms with Crippen LogP contribution in [-0.4, -0.2) is 11.1 Å². The molecule has 0 aliphatic rings. The van der Waals surface area contributed by atoms with Crippen LogP contribution in [0, 0.1) is 11.7 Å². The van der Waals surface area contributed by atoms with Gasteiger partial charge in [-0.05, 0) is 48.2 Å². The van der Waals surface area contributed by atoms with Crippen molar-refractivity contribution < 1.29 is 14.3 Å². The lowest BCUT2D eigenvalue weighted by Crippen LogP contribution is -2.19. The molecule has 2 aromatic carbocycles. The molecule has 0 aromatic heterocycles. The number of hydrogen-bond acceptors (Lipinski definition) is 1. The number of benzene rings is 2. The highest BCUT2D eigenvalue weighted by Crippen LogP contribution is 2.18. The van der Waals surface area contributed by atoms with Crippen molar-refractivity contribution in [3.8, 4) is 0 Å². The number of carboxylic acid groups (broad SMARTS) is 1. The third kappa shape index (κ3) is 4.17. The van der Waals surface area contributed by atoms with Crippen LogP contribution in [0.25, 0.3) is 0 Å². The van der Waals surface area contributed by atoms with E-state index in [0.29, 0.717) is 12.8 Å². The average molecular weight is 337 g/mol. The predicted octanol–water partition coefficient (Wildman–Crippen LogP) is 4.07. The molecule has 0 aliphatic carbocycles. The summed E-state index contributed by atoms with van der Waals surface area (Å²) >= 11 is 3.35. The fraction of sp³-hybridized carbons (Fsp3) is 0.188. The Hall–Kier alpha value is -1.68. The van der Waals surface area contributed by atoms with E-state index in [1.54, 1.807) is 12.1 Å². The maximum absolute atomic E-state index is 12.8. The molecule has 1 unspecified atom stereocenters.